The van der Waals surface area contributed by atoms with Crippen molar-refractivity contribution in [3.63, 3.8) is 0 Å². The van der Waals surface area contributed by atoms with Crippen LogP contribution in [0.4, 0.5) is 20.5 Å². The van der Waals surface area contributed by atoms with E-state index in [4.69, 9.17) is 9.52 Å². The molecule has 21 heavy (non-hydrogen) atoms. The van der Waals surface area contributed by atoms with Gasteiger partial charge < -0.3 is 14.8 Å². The molecular formula is C14H8F2N2O3. The second kappa shape index (κ2) is 4.86. The Morgan fingerprint density at radius 2 is 2.00 bits per heavy atom. The molecule has 3 rings (SSSR count). The summed E-state index contributed by atoms with van der Waals surface area (Å²) in [7, 11) is 0. The SMILES string of the molecule is O=C(O)c1ccc2nc(Nc3cc(F)ccc3F)oc2c1. The summed E-state index contributed by atoms with van der Waals surface area (Å²) in [5, 5.41) is 11.4. The van der Waals surface area contributed by atoms with E-state index in [-0.39, 0.29) is 22.8 Å². The van der Waals surface area contributed by atoms with Crippen molar-refractivity contribution in [2.75, 3.05) is 5.32 Å². The summed E-state index contributed by atoms with van der Waals surface area (Å²) in [6, 6.07) is 7.02. The minimum absolute atomic E-state index is 0.0436. The number of carboxylic acids is 1. The highest BCUT2D eigenvalue weighted by Gasteiger charge is 2.11. The highest BCUT2D eigenvalue weighted by Crippen LogP contribution is 2.25. The molecule has 1 aromatic heterocycles. The minimum atomic E-state index is -1.10. The number of hydrogen-bond acceptors (Lipinski definition) is 4. The number of nitrogens with zero attached hydrogens (tertiary/aromatic N) is 1. The second-order valence-electron chi connectivity index (χ2n) is 4.26. The number of benzene rings is 2. The van der Waals surface area contributed by atoms with Crippen molar-refractivity contribution in [2.45, 2.75) is 0 Å². The summed E-state index contributed by atoms with van der Waals surface area (Å²) in [5.74, 6) is -2.37. The zero-order valence-electron chi connectivity index (χ0n) is 10.4. The van der Waals surface area contributed by atoms with Gasteiger partial charge in [-0.1, -0.05) is 0 Å². The van der Waals surface area contributed by atoms with Gasteiger partial charge in [0.15, 0.2) is 5.58 Å². The molecule has 3 aromatic rings. The Kier molecular flexibility index (Phi) is 3.02. The van der Waals surface area contributed by atoms with Crippen molar-refractivity contribution in [1.82, 2.24) is 4.98 Å². The zero-order chi connectivity index (χ0) is 15.0. The Balaban J connectivity index is 1.97. The number of rotatable bonds is 3. The van der Waals surface area contributed by atoms with Crippen molar-refractivity contribution in [2.24, 2.45) is 0 Å². The van der Waals surface area contributed by atoms with Crippen molar-refractivity contribution in [3.8, 4) is 0 Å². The molecule has 2 aromatic carbocycles. The van der Waals surface area contributed by atoms with Gasteiger partial charge in [-0.25, -0.2) is 13.6 Å². The van der Waals surface area contributed by atoms with E-state index in [1.54, 1.807) is 0 Å². The molecule has 0 saturated heterocycles. The molecule has 0 aliphatic rings. The van der Waals surface area contributed by atoms with Crippen LogP contribution < -0.4 is 5.32 Å². The zero-order valence-corrected chi connectivity index (χ0v) is 10.4. The Labute approximate surface area is 116 Å². The third-order valence-electron chi connectivity index (χ3n) is 2.81. The minimum Gasteiger partial charge on any atom is -0.478 e. The van der Waals surface area contributed by atoms with Gasteiger partial charge in [0, 0.05) is 6.07 Å². The smallest absolute Gasteiger partial charge is 0.335 e. The molecular weight excluding hydrogens is 282 g/mol. The van der Waals surface area contributed by atoms with Gasteiger partial charge in [-0.05, 0) is 30.3 Å². The Hall–Kier alpha value is -2.96. The predicted molar refractivity (Wildman–Crippen MR) is 70.6 cm³/mol. The van der Waals surface area contributed by atoms with E-state index in [2.05, 4.69) is 10.3 Å². The molecule has 1 heterocycles. The van der Waals surface area contributed by atoms with Crippen molar-refractivity contribution < 1.29 is 23.1 Å². The fraction of sp³-hybridized carbons (Fsp3) is 0. The van der Waals surface area contributed by atoms with Crippen LogP contribution in [-0.4, -0.2) is 16.1 Å². The van der Waals surface area contributed by atoms with Crippen LogP contribution in [0.1, 0.15) is 10.4 Å². The van der Waals surface area contributed by atoms with Crippen molar-refractivity contribution in [3.05, 3.63) is 53.6 Å². The lowest BCUT2D eigenvalue weighted by Crippen LogP contribution is -1.94. The number of halogens is 2. The van der Waals surface area contributed by atoms with Gasteiger partial charge in [-0.3, -0.25) is 0 Å². The summed E-state index contributed by atoms with van der Waals surface area (Å²) in [4.78, 5) is 14.9. The fourth-order valence-corrected chi connectivity index (χ4v) is 1.82. The van der Waals surface area contributed by atoms with E-state index in [1.165, 1.54) is 18.2 Å². The number of fused-ring (bicyclic) bond motifs is 1. The normalized spacial score (nSPS) is 10.8. The van der Waals surface area contributed by atoms with Crippen LogP contribution in [0.2, 0.25) is 0 Å². The number of aromatic carboxylic acids is 1. The third-order valence-corrected chi connectivity index (χ3v) is 2.81. The summed E-state index contributed by atoms with van der Waals surface area (Å²) in [5.41, 5.74) is 0.552. The van der Waals surface area contributed by atoms with Gasteiger partial charge in [0.1, 0.15) is 17.2 Å². The van der Waals surface area contributed by atoms with E-state index in [1.807, 2.05) is 0 Å². The number of nitrogens with one attached hydrogen (secondary N) is 1. The lowest BCUT2D eigenvalue weighted by Gasteiger charge is -2.02. The van der Waals surface area contributed by atoms with Crippen LogP contribution in [0.5, 0.6) is 0 Å². The van der Waals surface area contributed by atoms with Gasteiger partial charge in [0.25, 0.3) is 6.01 Å². The Morgan fingerprint density at radius 1 is 1.19 bits per heavy atom. The Morgan fingerprint density at radius 3 is 2.76 bits per heavy atom. The first-order valence-electron chi connectivity index (χ1n) is 5.89. The van der Waals surface area contributed by atoms with Crippen LogP contribution in [0.25, 0.3) is 11.1 Å². The molecule has 7 heteroatoms. The third kappa shape index (κ3) is 2.53. The maximum Gasteiger partial charge on any atom is 0.335 e. The largest absolute Gasteiger partial charge is 0.478 e. The van der Waals surface area contributed by atoms with Gasteiger partial charge >= 0.3 is 5.97 Å². The molecule has 2 N–H and O–H groups in total. The monoisotopic (exact) mass is 290 g/mol. The lowest BCUT2D eigenvalue weighted by atomic mass is 10.2. The molecule has 0 aliphatic carbocycles. The van der Waals surface area contributed by atoms with Gasteiger partial charge in [-0.2, -0.15) is 4.98 Å². The molecule has 106 valence electrons. The number of carboxylic acid groups (broad SMARTS) is 1. The first-order chi connectivity index (χ1) is 10.0. The maximum absolute atomic E-state index is 13.5. The van der Waals surface area contributed by atoms with E-state index >= 15 is 0 Å². The molecule has 0 fully saturated rings. The van der Waals surface area contributed by atoms with Crippen LogP contribution in [0, 0.1) is 11.6 Å². The van der Waals surface area contributed by atoms with Crippen LogP contribution in [-0.2, 0) is 0 Å². The number of hydrogen-bond donors (Lipinski definition) is 2. The van der Waals surface area contributed by atoms with Crippen molar-refractivity contribution >= 4 is 28.8 Å². The summed E-state index contributed by atoms with van der Waals surface area (Å²) < 4.78 is 31.9. The predicted octanol–water partition coefficient (Wildman–Crippen LogP) is 3.55. The maximum atomic E-state index is 13.5. The van der Waals surface area contributed by atoms with E-state index in [0.717, 1.165) is 18.2 Å². The molecule has 0 radical (unpaired) electrons. The van der Waals surface area contributed by atoms with Crippen LogP contribution in [0.15, 0.2) is 40.8 Å². The molecule has 0 unspecified atom stereocenters. The van der Waals surface area contributed by atoms with Gasteiger partial charge in [0.2, 0.25) is 0 Å². The molecule has 0 bridgehead atoms. The topological polar surface area (TPSA) is 75.4 Å². The van der Waals surface area contributed by atoms with E-state index < -0.39 is 17.6 Å². The highest BCUT2D eigenvalue weighted by molar-refractivity contribution is 5.92. The van der Waals surface area contributed by atoms with E-state index in [0.29, 0.717) is 5.52 Å². The first-order valence-corrected chi connectivity index (χ1v) is 5.89. The average molecular weight is 290 g/mol. The van der Waals surface area contributed by atoms with Crippen LogP contribution >= 0.6 is 0 Å². The lowest BCUT2D eigenvalue weighted by molar-refractivity contribution is 0.0697. The summed E-state index contributed by atoms with van der Waals surface area (Å²) in [6.45, 7) is 0. The average Bonchev–Trinajstić information content (AvgIpc) is 2.84. The van der Waals surface area contributed by atoms with Gasteiger partial charge in [0.05, 0.1) is 11.3 Å². The molecule has 0 amide bonds. The van der Waals surface area contributed by atoms with Crippen molar-refractivity contribution in [1.29, 1.82) is 0 Å². The Bertz CT molecular complexity index is 845. The van der Waals surface area contributed by atoms with Gasteiger partial charge in [-0.15, -0.1) is 0 Å². The first kappa shape index (κ1) is 13.0. The summed E-state index contributed by atoms with van der Waals surface area (Å²) in [6.07, 6.45) is 0. The molecule has 5 nitrogen and oxygen atoms in total. The standard InChI is InChI=1S/C14H8F2N2O3/c15-8-2-3-9(16)11(6-8)18-14-17-10-4-1-7(13(19)20)5-12(10)21-14/h1-6H,(H,17,18)(H,19,20). The fourth-order valence-electron chi connectivity index (χ4n) is 1.82. The second-order valence-corrected chi connectivity index (χ2v) is 4.26. The highest BCUT2D eigenvalue weighted by atomic mass is 19.1. The van der Waals surface area contributed by atoms with Crippen LogP contribution in [0.3, 0.4) is 0 Å². The quantitative estimate of drug-likeness (QED) is 0.771. The molecule has 0 aliphatic heterocycles. The molecule has 0 spiro atoms. The number of carbonyl (C=O) groups is 1. The summed E-state index contributed by atoms with van der Waals surface area (Å²) >= 11 is 0. The number of aromatic nitrogens is 1. The molecule has 0 saturated carbocycles. The number of oxazole rings is 1. The molecule has 0 atom stereocenters. The van der Waals surface area contributed by atoms with E-state index in [9.17, 15) is 13.6 Å². The number of anilines is 2.